The highest BCUT2D eigenvalue weighted by Gasteiger charge is 2.83. The molecule has 4 aliphatic heterocycles. The molecule has 5 heterocycles. The maximum absolute atomic E-state index is 14.9. The number of benzene rings is 2. The fourth-order valence-electron chi connectivity index (χ4n) is 9.12. The standard InChI is InChI=1S/C40H45N5O7S/c1-25-34-30(29-14-8-9-15-31(29)41-25)17-18-38(52-34)23-33-35(46)43-40(37(48)45-39(19-20-39)53(45,49)50)22-26(40)11-6-4-3-5-7-16-32(36(47)44(33)24-38)42-27-12-10-13-28(21-27)51-2/h6,8-15,21,26,32-33,42H,3-5,7,16-20,22-24H2,1-2H3,(H,43,46)/b11-6-/t26-,32+,33+,38-,40-,45?/m1/s1. The van der Waals surface area contributed by atoms with Crippen LogP contribution >= 0.6 is 0 Å². The number of aryl methyl sites for hydroxylation is 2. The number of methoxy groups -OCH3 is 1. The van der Waals surface area contributed by atoms with Crippen molar-refractivity contribution < 1.29 is 32.3 Å². The maximum atomic E-state index is 14.9. The molecule has 0 unspecified atom stereocenters. The van der Waals surface area contributed by atoms with Crippen LogP contribution < -0.4 is 20.1 Å². The number of fused-ring (bicyclic) bond motifs is 5. The zero-order valence-corrected chi connectivity index (χ0v) is 30.9. The van der Waals surface area contributed by atoms with Gasteiger partial charge in [0.25, 0.3) is 15.9 Å². The molecule has 0 bridgehead atoms. The van der Waals surface area contributed by atoms with Gasteiger partial charge in [0, 0.05) is 35.0 Å². The summed E-state index contributed by atoms with van der Waals surface area (Å²) >= 11 is 0. The third-order valence-electron chi connectivity index (χ3n) is 12.4. The van der Waals surface area contributed by atoms with E-state index < -0.39 is 49.9 Å². The molecule has 2 spiro atoms. The van der Waals surface area contributed by atoms with Gasteiger partial charge in [-0.15, -0.1) is 0 Å². The molecule has 13 heteroatoms. The number of amides is 3. The number of pyridine rings is 1. The lowest BCUT2D eigenvalue weighted by Gasteiger charge is -2.36. The number of nitrogens with zero attached hydrogens (tertiary/aromatic N) is 3. The van der Waals surface area contributed by atoms with Crippen LogP contribution in [-0.2, 0) is 30.8 Å². The average molecular weight is 740 g/mol. The summed E-state index contributed by atoms with van der Waals surface area (Å²) in [6.07, 6.45) is 10.5. The first-order valence-electron chi connectivity index (χ1n) is 18.9. The number of aromatic nitrogens is 1. The van der Waals surface area contributed by atoms with Gasteiger partial charge in [-0.1, -0.05) is 49.3 Å². The summed E-state index contributed by atoms with van der Waals surface area (Å²) in [7, 11) is -2.11. The van der Waals surface area contributed by atoms with Crippen LogP contribution in [0, 0.1) is 12.8 Å². The van der Waals surface area contributed by atoms with Crippen LogP contribution in [0.5, 0.6) is 11.5 Å². The molecule has 278 valence electrons. The Kier molecular flexibility index (Phi) is 7.85. The Labute approximate surface area is 309 Å². The van der Waals surface area contributed by atoms with Crippen molar-refractivity contribution in [2.75, 3.05) is 19.0 Å². The molecule has 3 amide bonds. The molecular formula is C40H45N5O7S. The summed E-state index contributed by atoms with van der Waals surface area (Å²) in [6.45, 7) is 2.11. The maximum Gasteiger partial charge on any atom is 0.264 e. The van der Waals surface area contributed by atoms with Gasteiger partial charge in [0.1, 0.15) is 34.7 Å². The minimum absolute atomic E-state index is 0.180. The smallest absolute Gasteiger partial charge is 0.264 e. The first-order valence-corrected chi connectivity index (χ1v) is 20.3. The molecule has 12 nitrogen and oxygen atoms in total. The minimum atomic E-state index is -3.71. The average Bonchev–Trinajstić information content (AvgIpc) is 4.10. The number of hydrogen-bond donors (Lipinski definition) is 2. The number of carbonyl (C=O) groups is 3. The Balaban J connectivity index is 1.08. The Hall–Kier alpha value is -4.65. The van der Waals surface area contributed by atoms with Crippen LogP contribution in [-0.4, -0.2) is 82.1 Å². The number of hydrogen-bond acceptors (Lipinski definition) is 9. The van der Waals surface area contributed by atoms with E-state index in [1.165, 1.54) is 0 Å². The topological polar surface area (TPSA) is 147 Å². The van der Waals surface area contributed by atoms with Crippen LogP contribution in [0.15, 0.2) is 60.7 Å². The van der Waals surface area contributed by atoms with Crippen LogP contribution in [0.25, 0.3) is 10.9 Å². The van der Waals surface area contributed by atoms with E-state index in [0.29, 0.717) is 50.0 Å². The van der Waals surface area contributed by atoms with Gasteiger partial charge in [0.05, 0.1) is 24.9 Å². The molecule has 4 fully saturated rings. The highest BCUT2D eigenvalue weighted by molar-refractivity contribution is 7.98. The first kappa shape index (κ1) is 34.1. The summed E-state index contributed by atoms with van der Waals surface area (Å²) in [5, 5.41) is 7.55. The highest BCUT2D eigenvalue weighted by Crippen LogP contribution is 2.64. The molecule has 2 N–H and O–H groups in total. The van der Waals surface area contributed by atoms with Gasteiger partial charge < -0.3 is 25.0 Å². The van der Waals surface area contributed by atoms with Gasteiger partial charge in [-0.05, 0) is 76.5 Å². The molecule has 5 atom stereocenters. The van der Waals surface area contributed by atoms with Gasteiger partial charge in [0.15, 0.2) is 4.87 Å². The Morgan fingerprint density at radius 3 is 2.68 bits per heavy atom. The summed E-state index contributed by atoms with van der Waals surface area (Å²) in [6, 6.07) is 13.8. The van der Waals surface area contributed by atoms with Crippen molar-refractivity contribution in [1.82, 2.24) is 19.5 Å². The normalized spacial score (nSPS) is 31.6. The van der Waals surface area contributed by atoms with Gasteiger partial charge in [-0.3, -0.25) is 14.4 Å². The molecule has 2 aliphatic carbocycles. The summed E-state index contributed by atoms with van der Waals surface area (Å²) in [4.78, 5) is 49.1. The van der Waals surface area contributed by atoms with E-state index in [-0.39, 0.29) is 24.8 Å². The number of anilines is 1. The predicted octanol–water partition coefficient (Wildman–Crippen LogP) is 4.75. The molecule has 3 aromatic rings. The zero-order chi connectivity index (χ0) is 36.8. The number of allylic oxidation sites excluding steroid dienone is 1. The van der Waals surface area contributed by atoms with Crippen LogP contribution in [0.1, 0.15) is 75.5 Å². The number of rotatable bonds is 4. The molecule has 1 aromatic heterocycles. The van der Waals surface area contributed by atoms with E-state index in [4.69, 9.17) is 14.5 Å². The third-order valence-corrected chi connectivity index (χ3v) is 14.7. The lowest BCUT2D eigenvalue weighted by molar-refractivity contribution is -0.141. The zero-order valence-electron chi connectivity index (χ0n) is 30.1. The molecule has 53 heavy (non-hydrogen) atoms. The van der Waals surface area contributed by atoms with E-state index in [9.17, 15) is 22.8 Å². The first-order chi connectivity index (χ1) is 25.5. The summed E-state index contributed by atoms with van der Waals surface area (Å²) in [5.41, 5.74) is 1.20. The molecule has 0 radical (unpaired) electrons. The van der Waals surface area contributed by atoms with E-state index in [2.05, 4.69) is 10.6 Å². The molecule has 9 rings (SSSR count). The number of sulfonamides is 1. The molecule has 6 aliphatic rings. The minimum Gasteiger partial charge on any atom is -0.497 e. The fourth-order valence-corrected chi connectivity index (χ4v) is 11.2. The van der Waals surface area contributed by atoms with Crippen molar-refractivity contribution >= 4 is 44.3 Å². The Morgan fingerprint density at radius 2 is 1.89 bits per heavy atom. The fraction of sp³-hybridized carbons (Fsp3) is 0.500. The SMILES string of the molecule is COc1cccc(N[C@H]2CCCCC/C=C\[C@@H]3C[C@@]3(C(=O)N3C4(CC4)S3(=O)=O)NC(=O)[C@@H]3C[C@]4(CCc5c(c(C)nc6ccccc56)O4)CN3C2=O)c1. The van der Waals surface area contributed by atoms with Gasteiger partial charge in [-0.25, -0.2) is 17.7 Å². The van der Waals surface area contributed by atoms with E-state index in [1.54, 1.807) is 12.0 Å². The van der Waals surface area contributed by atoms with Crippen molar-refractivity contribution in [1.29, 1.82) is 0 Å². The number of ether oxygens (including phenoxy) is 2. The second kappa shape index (κ2) is 12.2. The van der Waals surface area contributed by atoms with Gasteiger partial charge >= 0.3 is 0 Å². The van der Waals surface area contributed by atoms with Crippen LogP contribution in [0.2, 0.25) is 0 Å². The number of nitrogens with one attached hydrogen (secondary N) is 2. The molecular weight excluding hydrogens is 695 g/mol. The Morgan fingerprint density at radius 1 is 1.06 bits per heavy atom. The second-order valence-corrected chi connectivity index (χ2v) is 17.9. The van der Waals surface area contributed by atoms with Crippen molar-refractivity contribution in [3.05, 3.63) is 71.9 Å². The van der Waals surface area contributed by atoms with Crippen molar-refractivity contribution in [2.45, 2.75) is 106 Å². The van der Waals surface area contributed by atoms with E-state index >= 15 is 0 Å². The molecule has 2 saturated heterocycles. The third kappa shape index (κ3) is 5.48. The molecule has 2 aromatic carbocycles. The van der Waals surface area contributed by atoms with E-state index in [0.717, 1.165) is 57.8 Å². The van der Waals surface area contributed by atoms with Gasteiger partial charge in [-0.2, -0.15) is 0 Å². The van der Waals surface area contributed by atoms with Crippen LogP contribution in [0.3, 0.4) is 0 Å². The van der Waals surface area contributed by atoms with Crippen molar-refractivity contribution in [3.63, 3.8) is 0 Å². The number of carbonyl (C=O) groups excluding carboxylic acids is 3. The van der Waals surface area contributed by atoms with Crippen LogP contribution in [0.4, 0.5) is 5.69 Å². The monoisotopic (exact) mass is 739 g/mol. The second-order valence-electron chi connectivity index (χ2n) is 15.8. The van der Waals surface area contributed by atoms with Gasteiger partial charge in [0.2, 0.25) is 11.8 Å². The van der Waals surface area contributed by atoms with E-state index in [1.807, 2.05) is 67.6 Å². The number of para-hydroxylation sites is 1. The Bertz CT molecular complexity index is 2190. The largest absolute Gasteiger partial charge is 0.497 e. The highest BCUT2D eigenvalue weighted by atomic mass is 32.2. The molecule has 2 saturated carbocycles. The summed E-state index contributed by atoms with van der Waals surface area (Å²) in [5.74, 6) is -0.249. The lowest BCUT2D eigenvalue weighted by Crippen LogP contribution is -2.56. The quantitative estimate of drug-likeness (QED) is 0.286. The summed E-state index contributed by atoms with van der Waals surface area (Å²) < 4.78 is 39.3. The van der Waals surface area contributed by atoms with Crippen molar-refractivity contribution in [3.8, 4) is 11.5 Å². The van der Waals surface area contributed by atoms with Crippen molar-refractivity contribution in [2.24, 2.45) is 5.92 Å². The predicted molar refractivity (Wildman–Crippen MR) is 198 cm³/mol. The lowest BCUT2D eigenvalue weighted by atomic mass is 9.87.